The Kier molecular flexibility index (Phi) is 3.54. The fourth-order valence-corrected chi connectivity index (χ4v) is 1.92. The Labute approximate surface area is 100 Å². The van der Waals surface area contributed by atoms with E-state index in [0.717, 1.165) is 28.3 Å². The quantitative estimate of drug-likeness (QED) is 0.884. The number of rotatable bonds is 3. The molecule has 2 N–H and O–H groups in total. The lowest BCUT2D eigenvalue weighted by Crippen LogP contribution is -2.04. The molecule has 3 heteroatoms. The Hall–Kier alpha value is -1.38. The molecule has 2 rings (SSSR count). The first-order valence-corrected chi connectivity index (χ1v) is 5.59. The highest BCUT2D eigenvalue weighted by atomic mass is 35.5. The second-order valence-electron chi connectivity index (χ2n) is 3.53. The maximum atomic E-state index is 6.16. The van der Waals surface area contributed by atoms with Crippen molar-refractivity contribution in [3.8, 4) is 11.3 Å². The van der Waals surface area contributed by atoms with Crippen molar-refractivity contribution in [1.29, 1.82) is 0 Å². The van der Waals surface area contributed by atoms with Gasteiger partial charge in [0.05, 0.1) is 5.69 Å². The molecule has 0 aliphatic carbocycles. The lowest BCUT2D eigenvalue weighted by atomic mass is 10.0. The molecule has 0 spiro atoms. The van der Waals surface area contributed by atoms with Crippen molar-refractivity contribution in [2.24, 2.45) is 5.73 Å². The van der Waals surface area contributed by atoms with Crippen LogP contribution in [0, 0.1) is 0 Å². The molecule has 2 nitrogen and oxygen atoms in total. The molecule has 0 fully saturated rings. The van der Waals surface area contributed by atoms with Gasteiger partial charge in [0.25, 0.3) is 0 Å². The number of nitrogens with two attached hydrogens (primary N) is 1. The van der Waals surface area contributed by atoms with E-state index >= 15 is 0 Å². The molecule has 16 heavy (non-hydrogen) atoms. The minimum absolute atomic E-state index is 0.614. The van der Waals surface area contributed by atoms with E-state index < -0.39 is 0 Å². The first-order chi connectivity index (χ1) is 7.83. The van der Waals surface area contributed by atoms with Gasteiger partial charge in [-0.1, -0.05) is 35.9 Å². The normalized spacial score (nSPS) is 10.4. The monoisotopic (exact) mass is 232 g/mol. The summed E-state index contributed by atoms with van der Waals surface area (Å²) in [4.78, 5) is 4.39. The summed E-state index contributed by atoms with van der Waals surface area (Å²) >= 11 is 6.16. The Balaban J connectivity index is 2.51. The van der Waals surface area contributed by atoms with Crippen molar-refractivity contribution < 1.29 is 0 Å². The van der Waals surface area contributed by atoms with Crippen molar-refractivity contribution in [3.05, 3.63) is 53.2 Å². The van der Waals surface area contributed by atoms with Gasteiger partial charge < -0.3 is 5.73 Å². The van der Waals surface area contributed by atoms with E-state index in [4.69, 9.17) is 17.3 Å². The number of halogens is 1. The van der Waals surface area contributed by atoms with Crippen LogP contribution in [0.5, 0.6) is 0 Å². The van der Waals surface area contributed by atoms with Crippen molar-refractivity contribution in [1.82, 2.24) is 4.98 Å². The molecule has 0 unspecified atom stereocenters. The minimum atomic E-state index is 0.614. The largest absolute Gasteiger partial charge is 0.330 e. The van der Waals surface area contributed by atoms with Gasteiger partial charge >= 0.3 is 0 Å². The number of hydrogen-bond acceptors (Lipinski definition) is 2. The van der Waals surface area contributed by atoms with Gasteiger partial charge in [-0.05, 0) is 30.7 Å². The van der Waals surface area contributed by atoms with Crippen LogP contribution in [0.1, 0.15) is 5.56 Å². The molecule has 0 saturated heterocycles. The molecule has 0 bridgehead atoms. The zero-order chi connectivity index (χ0) is 11.4. The summed E-state index contributed by atoms with van der Waals surface area (Å²) in [5.74, 6) is 0. The molecule has 1 aromatic heterocycles. The smallest absolute Gasteiger partial charge is 0.0749 e. The SMILES string of the molecule is NCCc1cccnc1-c1ccccc1Cl. The van der Waals surface area contributed by atoms with Crippen LogP contribution < -0.4 is 5.73 Å². The number of pyridine rings is 1. The summed E-state index contributed by atoms with van der Waals surface area (Å²) in [5, 5.41) is 0.722. The molecular weight excluding hydrogens is 220 g/mol. The summed E-state index contributed by atoms with van der Waals surface area (Å²) in [7, 11) is 0. The van der Waals surface area contributed by atoms with Crippen molar-refractivity contribution in [2.45, 2.75) is 6.42 Å². The van der Waals surface area contributed by atoms with Gasteiger partial charge in [-0.2, -0.15) is 0 Å². The van der Waals surface area contributed by atoms with Crippen LogP contribution in [0.15, 0.2) is 42.6 Å². The summed E-state index contributed by atoms with van der Waals surface area (Å²) in [6.07, 6.45) is 2.59. The van der Waals surface area contributed by atoms with Crippen LogP contribution in [-0.4, -0.2) is 11.5 Å². The van der Waals surface area contributed by atoms with E-state index in [-0.39, 0.29) is 0 Å². The summed E-state index contributed by atoms with van der Waals surface area (Å²) < 4.78 is 0. The second kappa shape index (κ2) is 5.10. The van der Waals surface area contributed by atoms with E-state index in [1.807, 2.05) is 36.4 Å². The van der Waals surface area contributed by atoms with Crippen molar-refractivity contribution in [3.63, 3.8) is 0 Å². The van der Waals surface area contributed by atoms with E-state index in [1.54, 1.807) is 6.20 Å². The summed E-state index contributed by atoms with van der Waals surface area (Å²) in [5.41, 5.74) is 8.62. The lowest BCUT2D eigenvalue weighted by molar-refractivity contribution is 0.961. The number of hydrogen-bond donors (Lipinski definition) is 1. The molecule has 0 aliphatic rings. The third-order valence-corrected chi connectivity index (χ3v) is 2.76. The average Bonchev–Trinajstić information content (AvgIpc) is 2.31. The second-order valence-corrected chi connectivity index (χ2v) is 3.94. The van der Waals surface area contributed by atoms with Crippen LogP contribution in [0.4, 0.5) is 0 Å². The number of nitrogens with zero attached hydrogens (tertiary/aromatic N) is 1. The standard InChI is InChI=1S/C13H13ClN2/c14-12-6-2-1-5-11(12)13-10(7-8-15)4-3-9-16-13/h1-6,9H,7-8,15H2. The van der Waals surface area contributed by atoms with E-state index in [2.05, 4.69) is 4.98 Å². The molecule has 0 atom stereocenters. The first-order valence-electron chi connectivity index (χ1n) is 5.22. The van der Waals surface area contributed by atoms with Gasteiger partial charge in [0, 0.05) is 16.8 Å². The zero-order valence-electron chi connectivity index (χ0n) is 8.86. The molecule has 1 heterocycles. The highest BCUT2D eigenvalue weighted by Gasteiger charge is 2.08. The van der Waals surface area contributed by atoms with Crippen LogP contribution in [0.25, 0.3) is 11.3 Å². The van der Waals surface area contributed by atoms with Crippen molar-refractivity contribution >= 4 is 11.6 Å². The molecule has 0 aliphatic heterocycles. The molecule has 1 aromatic carbocycles. The number of benzene rings is 1. The molecular formula is C13H13ClN2. The summed E-state index contributed by atoms with van der Waals surface area (Å²) in [6, 6.07) is 11.7. The number of aromatic nitrogens is 1. The Morgan fingerprint density at radius 1 is 1.12 bits per heavy atom. The Morgan fingerprint density at radius 2 is 1.94 bits per heavy atom. The highest BCUT2D eigenvalue weighted by Crippen LogP contribution is 2.28. The molecule has 0 radical (unpaired) electrons. The maximum Gasteiger partial charge on any atom is 0.0749 e. The van der Waals surface area contributed by atoms with Crippen molar-refractivity contribution in [2.75, 3.05) is 6.54 Å². The maximum absolute atomic E-state index is 6.16. The molecule has 82 valence electrons. The van der Waals surface area contributed by atoms with E-state index in [9.17, 15) is 0 Å². The fourth-order valence-electron chi connectivity index (χ4n) is 1.69. The van der Waals surface area contributed by atoms with Gasteiger partial charge in [-0.3, -0.25) is 4.98 Å². The Morgan fingerprint density at radius 3 is 2.69 bits per heavy atom. The average molecular weight is 233 g/mol. The fraction of sp³-hybridized carbons (Fsp3) is 0.154. The van der Waals surface area contributed by atoms with Crippen LogP contribution >= 0.6 is 11.6 Å². The van der Waals surface area contributed by atoms with Crippen LogP contribution in [0.2, 0.25) is 5.02 Å². The third kappa shape index (κ3) is 2.23. The predicted octanol–water partition coefficient (Wildman–Crippen LogP) is 2.90. The summed E-state index contributed by atoms with van der Waals surface area (Å²) in [6.45, 7) is 0.614. The van der Waals surface area contributed by atoms with Gasteiger partial charge in [-0.25, -0.2) is 0 Å². The Bertz CT molecular complexity index is 483. The molecule has 0 amide bonds. The van der Waals surface area contributed by atoms with Gasteiger partial charge in [0.1, 0.15) is 0 Å². The zero-order valence-corrected chi connectivity index (χ0v) is 9.61. The van der Waals surface area contributed by atoms with E-state index in [1.165, 1.54) is 0 Å². The van der Waals surface area contributed by atoms with Crippen LogP contribution in [0.3, 0.4) is 0 Å². The highest BCUT2D eigenvalue weighted by molar-refractivity contribution is 6.33. The molecule has 0 saturated carbocycles. The minimum Gasteiger partial charge on any atom is -0.330 e. The van der Waals surface area contributed by atoms with Crippen LogP contribution in [-0.2, 0) is 6.42 Å². The topological polar surface area (TPSA) is 38.9 Å². The predicted molar refractivity (Wildman–Crippen MR) is 67.4 cm³/mol. The van der Waals surface area contributed by atoms with Gasteiger partial charge in [0.2, 0.25) is 0 Å². The van der Waals surface area contributed by atoms with Gasteiger partial charge in [-0.15, -0.1) is 0 Å². The molecule has 2 aromatic rings. The lowest BCUT2D eigenvalue weighted by Gasteiger charge is -2.08. The van der Waals surface area contributed by atoms with E-state index in [0.29, 0.717) is 6.54 Å². The van der Waals surface area contributed by atoms with Gasteiger partial charge in [0.15, 0.2) is 0 Å². The first kappa shape index (κ1) is 11.1. The third-order valence-electron chi connectivity index (χ3n) is 2.43.